The Morgan fingerprint density at radius 1 is 1.22 bits per heavy atom. The highest BCUT2D eigenvalue weighted by atomic mass is 16.3. The molecule has 10 heteroatoms. The molecule has 0 spiro atoms. The average molecular weight is 500 g/mol. The number of hydrogen-bond acceptors (Lipinski definition) is 9. The van der Waals surface area contributed by atoms with Crippen molar-refractivity contribution in [3.8, 4) is 5.75 Å². The Kier molecular flexibility index (Phi) is 6.48. The van der Waals surface area contributed by atoms with E-state index in [-0.39, 0.29) is 29.7 Å². The van der Waals surface area contributed by atoms with Crippen LogP contribution in [0.2, 0.25) is 0 Å². The Bertz CT molecular complexity index is 1220. The Morgan fingerprint density at radius 3 is 2.47 bits per heavy atom. The quantitative estimate of drug-likeness (QED) is 0.308. The Labute approximate surface area is 209 Å². The molecule has 4 atom stereocenters. The lowest BCUT2D eigenvalue weighted by Crippen LogP contribution is -2.65. The molecular weight excluding hydrogens is 466 g/mol. The first-order valence-electron chi connectivity index (χ1n) is 12.0. The molecule has 0 aromatic heterocycles. The maximum Gasteiger partial charge on any atom is 0.255 e. The minimum absolute atomic E-state index is 0.0697. The highest BCUT2D eigenvalue weighted by Crippen LogP contribution is 2.52. The Morgan fingerprint density at radius 2 is 1.89 bits per heavy atom. The number of benzene rings is 1. The van der Waals surface area contributed by atoms with Gasteiger partial charge in [-0.25, -0.2) is 0 Å². The number of nitrogens with zero attached hydrogens (tertiary/aromatic N) is 1. The third kappa shape index (κ3) is 3.71. The fourth-order valence-corrected chi connectivity index (χ4v) is 5.97. The normalized spacial score (nSPS) is 27.9. The molecule has 10 nitrogen and oxygen atoms in total. The van der Waals surface area contributed by atoms with Crippen molar-refractivity contribution in [1.82, 2.24) is 10.2 Å². The van der Waals surface area contributed by atoms with E-state index in [1.165, 1.54) is 11.0 Å². The summed E-state index contributed by atoms with van der Waals surface area (Å²) in [6.07, 6.45) is 0.349. The number of fused-ring (bicyclic) bond motifs is 3. The van der Waals surface area contributed by atoms with E-state index in [0.29, 0.717) is 18.0 Å². The minimum Gasteiger partial charge on any atom is -0.508 e. The molecule has 194 valence electrons. The lowest BCUT2D eigenvalue weighted by Gasteiger charge is -2.50. The smallest absolute Gasteiger partial charge is 0.255 e. The van der Waals surface area contributed by atoms with Crippen molar-refractivity contribution in [1.29, 1.82) is 0 Å². The number of rotatable bonds is 6. The molecule has 0 bridgehead atoms. The van der Waals surface area contributed by atoms with E-state index < -0.39 is 58.0 Å². The molecule has 1 aromatic carbocycles. The van der Waals surface area contributed by atoms with E-state index in [4.69, 9.17) is 5.73 Å². The molecule has 0 aliphatic heterocycles. The molecule has 7 N–H and O–H groups in total. The summed E-state index contributed by atoms with van der Waals surface area (Å²) in [5, 5.41) is 47.7. The van der Waals surface area contributed by atoms with Gasteiger partial charge < -0.3 is 31.5 Å². The number of hydrogen-bond donors (Lipinski definition) is 6. The molecule has 1 unspecified atom stereocenters. The van der Waals surface area contributed by atoms with Gasteiger partial charge in [0, 0.05) is 18.0 Å². The highest BCUT2D eigenvalue weighted by Gasteiger charge is 2.64. The average Bonchev–Trinajstić information content (AvgIpc) is 2.77. The third-order valence-corrected chi connectivity index (χ3v) is 7.57. The number of phenols is 1. The zero-order chi connectivity index (χ0) is 26.7. The zero-order valence-electron chi connectivity index (χ0n) is 20.8. The van der Waals surface area contributed by atoms with Gasteiger partial charge in [0.1, 0.15) is 22.8 Å². The van der Waals surface area contributed by atoms with Gasteiger partial charge in [-0.3, -0.25) is 19.3 Å². The van der Waals surface area contributed by atoms with Crippen molar-refractivity contribution >= 4 is 23.2 Å². The highest BCUT2D eigenvalue weighted by molar-refractivity contribution is 6.24. The van der Waals surface area contributed by atoms with Gasteiger partial charge in [0.25, 0.3) is 5.91 Å². The summed E-state index contributed by atoms with van der Waals surface area (Å²) in [6.45, 7) is 5.41. The van der Waals surface area contributed by atoms with Crippen molar-refractivity contribution in [3.05, 3.63) is 45.7 Å². The molecule has 1 saturated carbocycles. The summed E-state index contributed by atoms with van der Waals surface area (Å²) in [4.78, 5) is 40.4. The van der Waals surface area contributed by atoms with Gasteiger partial charge in [-0.05, 0) is 62.5 Å². The summed E-state index contributed by atoms with van der Waals surface area (Å²) in [7, 11) is 3.15. The fraction of sp³-hybridized carbons (Fsp3) is 0.500. The maximum absolute atomic E-state index is 13.8. The number of nitrogens with two attached hydrogens (primary N) is 1. The minimum atomic E-state index is -2.63. The molecule has 1 fully saturated rings. The number of phenolic OH excluding ortho intramolecular Hbond substituents is 1. The number of Topliss-reactive ketones (excluding diaryl/α,β-unsaturated/α-hetero) is 2. The molecule has 1 aromatic rings. The van der Waals surface area contributed by atoms with Gasteiger partial charge in [0.15, 0.2) is 11.4 Å². The summed E-state index contributed by atoms with van der Waals surface area (Å²) in [6, 6.07) is 2.11. The van der Waals surface area contributed by atoms with Crippen LogP contribution in [0.3, 0.4) is 0 Å². The standard InChI is InChI=1S/C26H33N3O7/c1-11(2)9-28-10-12-5-6-16(30)18-14(12)7-13-8-15-20(29(3)4)22(32)19(25(27)35)24(34)26(15,36)23(33)17(13)21(18)31/h5-6,11,13,15,20,28,30-31,34,36H,7-10H2,1-4H3,(H2,27,35)/t13-,15-,20?,26-/m0/s1. The third-order valence-electron chi connectivity index (χ3n) is 7.57. The summed E-state index contributed by atoms with van der Waals surface area (Å²) in [5.74, 6) is -6.06. The number of likely N-dealkylation sites (N-methyl/N-ethyl adjacent to an activating group) is 1. The van der Waals surface area contributed by atoms with E-state index in [1.807, 2.05) is 0 Å². The molecule has 3 aliphatic rings. The largest absolute Gasteiger partial charge is 0.508 e. The first-order chi connectivity index (χ1) is 16.8. The first-order valence-corrected chi connectivity index (χ1v) is 12.0. The number of amides is 1. The van der Waals surface area contributed by atoms with Crippen LogP contribution >= 0.6 is 0 Å². The van der Waals surface area contributed by atoms with E-state index in [0.717, 1.165) is 12.1 Å². The SMILES string of the molecule is CC(C)CNCc1ccc(O)c2c1C[C@H]1C[C@H]3C(N(C)C)C(=O)C(C(N)=O)=C(O)[C@@]3(O)C(=O)C1=C2O. The van der Waals surface area contributed by atoms with Gasteiger partial charge in [0.05, 0.1) is 11.6 Å². The number of aliphatic hydroxyl groups is 3. The van der Waals surface area contributed by atoms with Crippen LogP contribution in [0, 0.1) is 17.8 Å². The van der Waals surface area contributed by atoms with Crippen molar-refractivity contribution in [2.75, 3.05) is 20.6 Å². The van der Waals surface area contributed by atoms with E-state index in [2.05, 4.69) is 19.2 Å². The molecule has 0 heterocycles. The van der Waals surface area contributed by atoms with Crippen LogP contribution in [0.15, 0.2) is 29.0 Å². The van der Waals surface area contributed by atoms with Crippen LogP contribution in [-0.4, -0.2) is 75.1 Å². The van der Waals surface area contributed by atoms with Crippen molar-refractivity contribution < 1.29 is 34.8 Å². The Balaban J connectivity index is 1.88. The van der Waals surface area contributed by atoms with Crippen molar-refractivity contribution in [3.63, 3.8) is 0 Å². The van der Waals surface area contributed by atoms with Crippen LogP contribution in [-0.2, 0) is 27.3 Å². The number of carbonyl (C=O) groups is 3. The second-order valence-corrected chi connectivity index (χ2v) is 10.6. The number of nitrogens with one attached hydrogen (secondary N) is 1. The predicted octanol–water partition coefficient (Wildman–Crippen LogP) is 0.710. The van der Waals surface area contributed by atoms with Gasteiger partial charge >= 0.3 is 0 Å². The van der Waals surface area contributed by atoms with Gasteiger partial charge in [-0.1, -0.05) is 19.9 Å². The first kappa shape index (κ1) is 25.9. The second-order valence-electron chi connectivity index (χ2n) is 10.6. The zero-order valence-corrected chi connectivity index (χ0v) is 20.8. The number of carbonyl (C=O) groups excluding carboxylic acids is 3. The molecule has 3 aliphatic carbocycles. The topological polar surface area (TPSA) is 173 Å². The lowest BCUT2D eigenvalue weighted by molar-refractivity contribution is -0.153. The molecular formula is C26H33N3O7. The molecule has 0 saturated heterocycles. The van der Waals surface area contributed by atoms with E-state index >= 15 is 0 Å². The number of aliphatic hydroxyl groups excluding tert-OH is 2. The summed E-state index contributed by atoms with van der Waals surface area (Å²) >= 11 is 0. The molecule has 1 amide bonds. The van der Waals surface area contributed by atoms with Crippen LogP contribution in [0.5, 0.6) is 5.75 Å². The maximum atomic E-state index is 13.8. The van der Waals surface area contributed by atoms with Crippen molar-refractivity contribution in [2.45, 2.75) is 44.9 Å². The van der Waals surface area contributed by atoms with Crippen LogP contribution in [0.25, 0.3) is 5.76 Å². The fourth-order valence-electron chi connectivity index (χ4n) is 5.97. The van der Waals surface area contributed by atoms with Gasteiger partial charge in [0.2, 0.25) is 5.78 Å². The van der Waals surface area contributed by atoms with Crippen LogP contribution < -0.4 is 11.1 Å². The summed E-state index contributed by atoms with van der Waals surface area (Å²) < 4.78 is 0. The van der Waals surface area contributed by atoms with Gasteiger partial charge in [-0.2, -0.15) is 0 Å². The summed E-state index contributed by atoms with van der Waals surface area (Å²) in [5.41, 5.74) is 3.37. The Hall–Kier alpha value is -3.21. The van der Waals surface area contributed by atoms with E-state index in [9.17, 15) is 34.8 Å². The molecule has 4 rings (SSSR count). The molecule has 0 radical (unpaired) electrons. The number of ketones is 2. The molecule has 36 heavy (non-hydrogen) atoms. The van der Waals surface area contributed by atoms with E-state index in [1.54, 1.807) is 20.2 Å². The van der Waals surface area contributed by atoms with Crippen molar-refractivity contribution in [2.24, 2.45) is 23.5 Å². The van der Waals surface area contributed by atoms with Crippen LogP contribution in [0.4, 0.5) is 0 Å². The second kappa shape index (κ2) is 9.02. The number of aromatic hydroxyl groups is 1. The number of primary amides is 1. The predicted molar refractivity (Wildman–Crippen MR) is 131 cm³/mol. The van der Waals surface area contributed by atoms with Crippen LogP contribution in [0.1, 0.15) is 37.0 Å². The lowest BCUT2D eigenvalue weighted by atomic mass is 9.57. The van der Waals surface area contributed by atoms with Gasteiger partial charge in [-0.15, -0.1) is 0 Å². The monoisotopic (exact) mass is 499 g/mol.